The molecular formula is C32H50NO3+. The molecule has 0 N–H and O–H groups in total. The Labute approximate surface area is 220 Å². The Hall–Kier alpha value is -2.33. The van der Waals surface area contributed by atoms with Gasteiger partial charge in [-0.25, -0.2) is 4.79 Å². The predicted molar refractivity (Wildman–Crippen MR) is 150 cm³/mol. The first kappa shape index (κ1) is 29.9. The van der Waals surface area contributed by atoms with E-state index in [4.69, 9.17) is 9.47 Å². The van der Waals surface area contributed by atoms with Gasteiger partial charge in [-0.1, -0.05) is 101 Å². The molecule has 0 saturated heterocycles. The zero-order valence-corrected chi connectivity index (χ0v) is 23.3. The number of hydrogen-bond donors (Lipinski definition) is 0. The van der Waals surface area contributed by atoms with Crippen LogP contribution in [0.1, 0.15) is 89.2 Å². The average Bonchev–Trinajstić information content (AvgIpc) is 2.87. The zero-order valence-electron chi connectivity index (χ0n) is 23.3. The normalized spacial score (nSPS) is 12.3. The average molecular weight is 497 g/mol. The Morgan fingerprint density at radius 3 is 2.03 bits per heavy atom. The summed E-state index contributed by atoms with van der Waals surface area (Å²) in [5, 5.41) is 0. The van der Waals surface area contributed by atoms with Gasteiger partial charge in [0.1, 0.15) is 25.5 Å². The highest BCUT2D eigenvalue weighted by Crippen LogP contribution is 2.20. The van der Waals surface area contributed by atoms with Gasteiger partial charge in [-0.3, -0.25) is 0 Å². The van der Waals surface area contributed by atoms with Crippen molar-refractivity contribution in [2.75, 3.05) is 27.3 Å². The molecule has 0 radical (unpaired) electrons. The fourth-order valence-corrected chi connectivity index (χ4v) is 4.80. The van der Waals surface area contributed by atoms with Crippen molar-refractivity contribution in [1.29, 1.82) is 0 Å². The predicted octanol–water partition coefficient (Wildman–Crippen LogP) is 7.74. The van der Waals surface area contributed by atoms with E-state index in [1.165, 1.54) is 62.5 Å². The molecule has 0 spiro atoms. The molecule has 200 valence electrons. The van der Waals surface area contributed by atoms with Crippen molar-refractivity contribution in [3.63, 3.8) is 0 Å². The van der Waals surface area contributed by atoms with Gasteiger partial charge in [0, 0.05) is 12.0 Å². The van der Waals surface area contributed by atoms with Crippen molar-refractivity contribution in [1.82, 2.24) is 0 Å². The fourth-order valence-electron chi connectivity index (χ4n) is 4.80. The molecule has 0 aliphatic rings. The molecule has 0 bridgehead atoms. The van der Waals surface area contributed by atoms with Crippen LogP contribution in [-0.2, 0) is 22.5 Å². The van der Waals surface area contributed by atoms with Crippen molar-refractivity contribution in [2.24, 2.45) is 0 Å². The van der Waals surface area contributed by atoms with Crippen LogP contribution in [0.4, 0.5) is 0 Å². The maximum atomic E-state index is 12.9. The van der Waals surface area contributed by atoms with Crippen LogP contribution in [0.5, 0.6) is 5.75 Å². The third kappa shape index (κ3) is 11.6. The summed E-state index contributed by atoms with van der Waals surface area (Å²) < 4.78 is 12.1. The summed E-state index contributed by atoms with van der Waals surface area (Å²) >= 11 is 0. The molecular weight excluding hydrogens is 446 g/mol. The zero-order chi connectivity index (χ0) is 26.1. The van der Waals surface area contributed by atoms with E-state index in [-0.39, 0.29) is 18.6 Å². The number of quaternary nitrogens is 1. The van der Waals surface area contributed by atoms with E-state index in [0.717, 1.165) is 31.6 Å². The van der Waals surface area contributed by atoms with E-state index in [1.807, 2.05) is 30.3 Å². The van der Waals surface area contributed by atoms with Crippen molar-refractivity contribution in [2.45, 2.75) is 97.1 Å². The number of carbonyl (C=O) groups is 1. The van der Waals surface area contributed by atoms with Crippen LogP contribution in [0.3, 0.4) is 0 Å². The van der Waals surface area contributed by atoms with E-state index in [9.17, 15) is 4.79 Å². The van der Waals surface area contributed by atoms with Crippen LogP contribution in [0.2, 0.25) is 0 Å². The lowest BCUT2D eigenvalue weighted by molar-refractivity contribution is -0.920. The first-order valence-electron chi connectivity index (χ1n) is 14.2. The first-order chi connectivity index (χ1) is 17.5. The summed E-state index contributed by atoms with van der Waals surface area (Å²) in [6.45, 7) is 5.81. The highest BCUT2D eigenvalue weighted by Gasteiger charge is 2.35. The number of carbonyl (C=O) groups excluding carboxylic acids is 1. The first-order valence-corrected chi connectivity index (χ1v) is 14.2. The number of benzene rings is 2. The van der Waals surface area contributed by atoms with Gasteiger partial charge in [-0.2, -0.15) is 0 Å². The number of aryl methyl sites for hydroxylation is 1. The van der Waals surface area contributed by atoms with Crippen LogP contribution in [-0.4, -0.2) is 43.8 Å². The van der Waals surface area contributed by atoms with E-state index in [2.05, 4.69) is 52.2 Å². The van der Waals surface area contributed by atoms with Crippen LogP contribution >= 0.6 is 0 Å². The van der Waals surface area contributed by atoms with Gasteiger partial charge < -0.3 is 14.0 Å². The fraction of sp³-hybridized carbons (Fsp3) is 0.594. The monoisotopic (exact) mass is 496 g/mol. The number of ether oxygens (including phenoxy) is 2. The number of esters is 1. The van der Waals surface area contributed by atoms with Crippen LogP contribution in [0.15, 0.2) is 54.6 Å². The molecule has 0 heterocycles. The van der Waals surface area contributed by atoms with E-state index < -0.39 is 0 Å². The number of rotatable bonds is 19. The molecule has 0 amide bonds. The Balaban J connectivity index is 1.68. The summed E-state index contributed by atoms with van der Waals surface area (Å²) in [7, 11) is 4.22. The number of nitrogens with zero attached hydrogens (tertiary/aromatic N) is 1. The second-order valence-corrected chi connectivity index (χ2v) is 10.6. The number of hydrogen-bond acceptors (Lipinski definition) is 3. The van der Waals surface area contributed by atoms with E-state index >= 15 is 0 Å². The van der Waals surface area contributed by atoms with Gasteiger partial charge in [0.2, 0.25) is 0 Å². The van der Waals surface area contributed by atoms with E-state index in [0.29, 0.717) is 11.1 Å². The second-order valence-electron chi connectivity index (χ2n) is 10.6. The van der Waals surface area contributed by atoms with Crippen LogP contribution < -0.4 is 4.74 Å². The maximum absolute atomic E-state index is 12.9. The Morgan fingerprint density at radius 1 is 0.750 bits per heavy atom. The largest absolute Gasteiger partial charge is 0.490 e. The summed E-state index contributed by atoms with van der Waals surface area (Å²) in [4.78, 5) is 12.9. The van der Waals surface area contributed by atoms with Gasteiger partial charge in [0.05, 0.1) is 14.1 Å². The van der Waals surface area contributed by atoms with Crippen molar-refractivity contribution in [3.05, 3.63) is 65.7 Å². The number of unbranched alkanes of at least 4 members (excludes halogenated alkanes) is 7. The molecule has 36 heavy (non-hydrogen) atoms. The van der Waals surface area contributed by atoms with Crippen LogP contribution in [0.25, 0.3) is 0 Å². The molecule has 0 aliphatic heterocycles. The molecule has 2 aromatic carbocycles. The molecule has 2 aromatic rings. The lowest BCUT2D eigenvalue weighted by atomic mass is 10.0. The molecule has 1 unspecified atom stereocenters. The third-order valence-electron chi connectivity index (χ3n) is 6.95. The maximum Gasteiger partial charge on any atom is 0.365 e. The Kier molecular flexibility index (Phi) is 14.3. The summed E-state index contributed by atoms with van der Waals surface area (Å²) in [6.07, 6.45) is 13.6. The molecule has 0 aromatic heterocycles. The van der Waals surface area contributed by atoms with Gasteiger partial charge in [-0.05, 0) is 37.0 Å². The highest BCUT2D eigenvalue weighted by atomic mass is 16.6. The minimum atomic E-state index is -0.189. The number of likely N-dealkylation sites (N-methyl/N-ethyl adjacent to an activating group) is 1. The molecule has 4 heteroatoms. The standard InChI is InChI=1S/C32H50NO3/c1-5-7-8-9-10-11-12-14-18-28-21-23-30(24-22-28)35-25-26-36-32(34)31(17-6-2)33(3,4)27-29-19-15-13-16-20-29/h13,15-16,19-24,31H,5-12,14,17-18,25-27H2,1-4H3/q+1. The summed E-state index contributed by atoms with van der Waals surface area (Å²) in [5.41, 5.74) is 2.59. The van der Waals surface area contributed by atoms with Gasteiger partial charge >= 0.3 is 5.97 Å². The topological polar surface area (TPSA) is 35.5 Å². The SMILES string of the molecule is CCCCCCCCCCc1ccc(OCCOC(=O)C(CCC)[N+](C)(C)Cc2ccccc2)cc1. The van der Waals surface area contributed by atoms with Crippen molar-refractivity contribution >= 4 is 5.97 Å². The van der Waals surface area contributed by atoms with Crippen LogP contribution in [0, 0.1) is 0 Å². The van der Waals surface area contributed by atoms with Gasteiger partial charge in [-0.15, -0.1) is 0 Å². The summed E-state index contributed by atoms with van der Waals surface area (Å²) in [6, 6.07) is 18.5. The molecule has 0 saturated carbocycles. The molecule has 2 rings (SSSR count). The smallest absolute Gasteiger partial charge is 0.365 e. The lowest BCUT2D eigenvalue weighted by Gasteiger charge is -2.36. The van der Waals surface area contributed by atoms with Gasteiger partial charge in [0.15, 0.2) is 6.04 Å². The minimum Gasteiger partial charge on any atom is -0.490 e. The molecule has 1 atom stereocenters. The van der Waals surface area contributed by atoms with Crippen molar-refractivity contribution < 1.29 is 18.8 Å². The van der Waals surface area contributed by atoms with Crippen molar-refractivity contribution in [3.8, 4) is 5.75 Å². The Morgan fingerprint density at radius 2 is 1.39 bits per heavy atom. The lowest BCUT2D eigenvalue weighted by Crippen LogP contribution is -2.53. The minimum absolute atomic E-state index is 0.137. The molecule has 0 fully saturated rings. The van der Waals surface area contributed by atoms with E-state index in [1.54, 1.807) is 0 Å². The summed E-state index contributed by atoms with van der Waals surface area (Å²) in [5.74, 6) is 0.693. The second kappa shape index (κ2) is 17.2. The third-order valence-corrected chi connectivity index (χ3v) is 6.95. The highest BCUT2D eigenvalue weighted by molar-refractivity contribution is 5.74. The van der Waals surface area contributed by atoms with Gasteiger partial charge in [0.25, 0.3) is 0 Å². The molecule has 0 aliphatic carbocycles. The molecule has 4 nitrogen and oxygen atoms in total. The quantitative estimate of drug-likeness (QED) is 0.113. The Bertz CT molecular complexity index is 832.